The lowest BCUT2D eigenvalue weighted by Gasteiger charge is -2.39. The number of methoxy groups -OCH3 is 1. The predicted molar refractivity (Wildman–Crippen MR) is 80.9 cm³/mol. The lowest BCUT2D eigenvalue weighted by molar-refractivity contribution is -0.129. The van der Waals surface area contributed by atoms with Gasteiger partial charge in [0.05, 0.1) is 5.41 Å². The molecule has 0 bridgehead atoms. The van der Waals surface area contributed by atoms with Crippen LogP contribution in [0.25, 0.3) is 0 Å². The Labute approximate surface area is 124 Å². The Morgan fingerprint density at radius 3 is 2.19 bits per heavy atom. The fourth-order valence-corrected chi connectivity index (χ4v) is 2.36. The van der Waals surface area contributed by atoms with E-state index in [0.29, 0.717) is 17.9 Å². The summed E-state index contributed by atoms with van der Waals surface area (Å²) in [5, 5.41) is 5.58. The Hall–Kier alpha value is -1.92. The van der Waals surface area contributed by atoms with Gasteiger partial charge >= 0.3 is 0 Å². The van der Waals surface area contributed by atoms with Crippen LogP contribution in [0.1, 0.15) is 19.3 Å². The van der Waals surface area contributed by atoms with Crippen molar-refractivity contribution >= 4 is 23.2 Å². The molecule has 2 rings (SSSR count). The van der Waals surface area contributed by atoms with Gasteiger partial charge in [0, 0.05) is 25.0 Å². The summed E-state index contributed by atoms with van der Waals surface area (Å²) in [5.74, 6) is -0.238. The molecule has 0 heterocycles. The minimum atomic E-state index is -0.397. The van der Waals surface area contributed by atoms with Gasteiger partial charge in [-0.1, -0.05) is 6.42 Å². The highest BCUT2D eigenvalue weighted by Gasteiger charge is 2.42. The van der Waals surface area contributed by atoms with E-state index < -0.39 is 5.41 Å². The number of benzene rings is 1. The molecule has 21 heavy (non-hydrogen) atoms. The molecule has 1 saturated carbocycles. The minimum Gasteiger partial charge on any atom is -0.375 e. The van der Waals surface area contributed by atoms with Crippen LogP contribution in [-0.2, 0) is 14.3 Å². The van der Waals surface area contributed by atoms with Crippen LogP contribution in [0.5, 0.6) is 0 Å². The Balaban J connectivity index is 1.93. The first-order valence-electron chi connectivity index (χ1n) is 7.00. The van der Waals surface area contributed by atoms with E-state index in [0.717, 1.165) is 19.3 Å². The smallest absolute Gasteiger partial charge is 0.250 e. The van der Waals surface area contributed by atoms with E-state index in [-0.39, 0.29) is 18.4 Å². The third-order valence-corrected chi connectivity index (χ3v) is 3.89. The molecule has 0 radical (unpaired) electrons. The number of hydrogen-bond donors (Lipinski definition) is 3. The minimum absolute atomic E-state index is 0.0114. The summed E-state index contributed by atoms with van der Waals surface area (Å²) in [4.78, 5) is 23.6. The fourth-order valence-electron chi connectivity index (χ4n) is 2.36. The van der Waals surface area contributed by atoms with E-state index >= 15 is 0 Å². The number of rotatable bonds is 6. The van der Waals surface area contributed by atoms with Gasteiger partial charge in [0.2, 0.25) is 11.8 Å². The van der Waals surface area contributed by atoms with Crippen molar-refractivity contribution in [3.05, 3.63) is 24.3 Å². The average Bonchev–Trinajstić information content (AvgIpc) is 2.40. The van der Waals surface area contributed by atoms with E-state index in [1.54, 1.807) is 24.3 Å². The second-order valence-corrected chi connectivity index (χ2v) is 5.35. The normalized spacial score (nSPS) is 15.9. The second kappa shape index (κ2) is 6.69. The van der Waals surface area contributed by atoms with Crippen LogP contribution in [0.2, 0.25) is 0 Å². The maximum absolute atomic E-state index is 12.2. The maximum atomic E-state index is 12.2. The van der Waals surface area contributed by atoms with Gasteiger partial charge in [-0.2, -0.15) is 0 Å². The van der Waals surface area contributed by atoms with E-state index in [4.69, 9.17) is 10.5 Å². The van der Waals surface area contributed by atoms with Crippen molar-refractivity contribution < 1.29 is 14.3 Å². The zero-order valence-corrected chi connectivity index (χ0v) is 12.1. The molecule has 1 aromatic rings. The van der Waals surface area contributed by atoms with E-state index in [1.165, 1.54) is 7.11 Å². The van der Waals surface area contributed by atoms with Crippen LogP contribution in [0.3, 0.4) is 0 Å². The number of carbonyl (C=O) groups is 2. The van der Waals surface area contributed by atoms with Gasteiger partial charge in [0.1, 0.15) is 6.61 Å². The zero-order chi connectivity index (χ0) is 15.3. The number of nitrogens with one attached hydrogen (secondary N) is 2. The summed E-state index contributed by atoms with van der Waals surface area (Å²) in [7, 11) is 1.46. The Morgan fingerprint density at radius 1 is 1.19 bits per heavy atom. The third-order valence-electron chi connectivity index (χ3n) is 3.89. The molecule has 0 unspecified atom stereocenters. The molecule has 1 aliphatic carbocycles. The van der Waals surface area contributed by atoms with Gasteiger partial charge in [0.15, 0.2) is 0 Å². The third kappa shape index (κ3) is 3.59. The molecular formula is C15H21N3O3. The van der Waals surface area contributed by atoms with E-state index in [1.807, 2.05) is 0 Å². The molecule has 0 saturated heterocycles. The summed E-state index contributed by atoms with van der Waals surface area (Å²) < 4.78 is 4.74. The van der Waals surface area contributed by atoms with Crippen LogP contribution < -0.4 is 16.4 Å². The highest BCUT2D eigenvalue weighted by atomic mass is 16.5. The molecule has 1 fully saturated rings. The first kappa shape index (κ1) is 15.5. The quantitative estimate of drug-likeness (QED) is 0.737. The molecule has 1 aliphatic rings. The van der Waals surface area contributed by atoms with E-state index in [9.17, 15) is 9.59 Å². The van der Waals surface area contributed by atoms with Gasteiger partial charge in [-0.3, -0.25) is 9.59 Å². The first-order valence-corrected chi connectivity index (χ1v) is 7.00. The number of nitrogens with two attached hydrogens (primary N) is 1. The SMILES string of the molecule is COCC(=O)Nc1ccc(NC(=O)C2(CN)CCC2)cc1. The molecule has 0 atom stereocenters. The topological polar surface area (TPSA) is 93.5 Å². The largest absolute Gasteiger partial charge is 0.375 e. The van der Waals surface area contributed by atoms with Crippen LogP contribution >= 0.6 is 0 Å². The molecular weight excluding hydrogens is 270 g/mol. The van der Waals surface area contributed by atoms with Crippen molar-refractivity contribution in [1.29, 1.82) is 0 Å². The van der Waals surface area contributed by atoms with Gasteiger partial charge in [-0.25, -0.2) is 0 Å². The molecule has 0 aliphatic heterocycles. The van der Waals surface area contributed by atoms with Crippen molar-refractivity contribution in [2.24, 2.45) is 11.1 Å². The average molecular weight is 291 g/mol. The monoisotopic (exact) mass is 291 g/mol. The Morgan fingerprint density at radius 2 is 1.76 bits per heavy atom. The number of anilines is 2. The zero-order valence-electron chi connectivity index (χ0n) is 12.1. The van der Waals surface area contributed by atoms with Crippen LogP contribution in [0.4, 0.5) is 11.4 Å². The first-order chi connectivity index (χ1) is 10.1. The van der Waals surface area contributed by atoms with Crippen molar-refractivity contribution in [2.45, 2.75) is 19.3 Å². The molecule has 0 aromatic heterocycles. The molecule has 0 spiro atoms. The molecule has 114 valence electrons. The summed E-state index contributed by atoms with van der Waals surface area (Å²) >= 11 is 0. The Kier molecular flexibility index (Phi) is 4.93. The van der Waals surface area contributed by atoms with Crippen molar-refractivity contribution in [1.82, 2.24) is 0 Å². The van der Waals surface area contributed by atoms with Crippen LogP contribution in [-0.4, -0.2) is 32.1 Å². The van der Waals surface area contributed by atoms with Crippen molar-refractivity contribution in [2.75, 3.05) is 30.9 Å². The number of hydrogen-bond acceptors (Lipinski definition) is 4. The molecule has 2 amide bonds. The van der Waals surface area contributed by atoms with Crippen LogP contribution in [0.15, 0.2) is 24.3 Å². The standard InChI is InChI=1S/C15H21N3O3/c1-21-9-13(19)17-11-3-5-12(6-4-11)18-14(20)15(10-16)7-2-8-15/h3-6H,2,7-10,16H2,1H3,(H,17,19)(H,18,20). The highest BCUT2D eigenvalue weighted by molar-refractivity contribution is 5.96. The fraction of sp³-hybridized carbons (Fsp3) is 0.467. The molecule has 4 N–H and O–H groups in total. The van der Waals surface area contributed by atoms with Crippen LogP contribution in [0, 0.1) is 5.41 Å². The van der Waals surface area contributed by atoms with Crippen molar-refractivity contribution in [3.8, 4) is 0 Å². The van der Waals surface area contributed by atoms with Gasteiger partial charge in [0.25, 0.3) is 0 Å². The highest BCUT2D eigenvalue weighted by Crippen LogP contribution is 2.40. The molecule has 1 aromatic carbocycles. The maximum Gasteiger partial charge on any atom is 0.250 e. The Bertz CT molecular complexity index is 504. The van der Waals surface area contributed by atoms with Gasteiger partial charge in [-0.15, -0.1) is 0 Å². The number of amides is 2. The predicted octanol–water partition coefficient (Wildman–Crippen LogP) is 1.34. The molecule has 6 heteroatoms. The van der Waals surface area contributed by atoms with Gasteiger partial charge in [-0.05, 0) is 37.1 Å². The summed E-state index contributed by atoms with van der Waals surface area (Å²) in [6.45, 7) is 0.390. The lowest BCUT2D eigenvalue weighted by Crippen LogP contribution is -2.47. The molecule has 6 nitrogen and oxygen atoms in total. The van der Waals surface area contributed by atoms with Crippen molar-refractivity contribution in [3.63, 3.8) is 0 Å². The summed E-state index contributed by atoms with van der Waals surface area (Å²) in [6.07, 6.45) is 2.75. The van der Waals surface area contributed by atoms with Gasteiger partial charge < -0.3 is 21.1 Å². The number of carbonyl (C=O) groups excluding carboxylic acids is 2. The lowest BCUT2D eigenvalue weighted by atomic mass is 9.68. The number of ether oxygens (including phenoxy) is 1. The second-order valence-electron chi connectivity index (χ2n) is 5.35. The summed E-state index contributed by atoms with van der Waals surface area (Å²) in [6, 6.07) is 6.98. The summed E-state index contributed by atoms with van der Waals surface area (Å²) in [5.41, 5.74) is 6.67. The van der Waals surface area contributed by atoms with E-state index in [2.05, 4.69) is 10.6 Å².